The summed E-state index contributed by atoms with van der Waals surface area (Å²) in [7, 11) is 0. The van der Waals surface area contributed by atoms with E-state index >= 15 is 0 Å². The van der Waals surface area contributed by atoms with E-state index in [0.29, 0.717) is 23.5 Å². The molecule has 0 spiro atoms. The first-order valence-electron chi connectivity index (χ1n) is 8.16. The summed E-state index contributed by atoms with van der Waals surface area (Å²) in [5, 5.41) is 0. The topological polar surface area (TPSA) is 52.6 Å². The van der Waals surface area contributed by atoms with Crippen LogP contribution in [-0.2, 0) is 4.79 Å². The fourth-order valence-corrected chi connectivity index (χ4v) is 2.28. The van der Waals surface area contributed by atoms with Gasteiger partial charge in [0.2, 0.25) is 0 Å². The van der Waals surface area contributed by atoms with Crippen molar-refractivity contribution in [3.05, 3.63) is 59.7 Å². The minimum Gasteiger partial charge on any atom is -0.494 e. The van der Waals surface area contributed by atoms with Crippen molar-refractivity contribution in [1.29, 1.82) is 0 Å². The van der Waals surface area contributed by atoms with E-state index < -0.39 is 5.97 Å². The maximum Gasteiger partial charge on any atom is 0.308 e. The summed E-state index contributed by atoms with van der Waals surface area (Å²) in [5.74, 6) is 0.589. The molecule has 0 amide bonds. The Kier molecular flexibility index (Phi) is 6.55. The van der Waals surface area contributed by atoms with Crippen molar-refractivity contribution in [3.8, 4) is 11.5 Å². The molecule has 4 nitrogen and oxygen atoms in total. The van der Waals surface area contributed by atoms with Crippen LogP contribution < -0.4 is 9.47 Å². The average Bonchev–Trinajstić information content (AvgIpc) is 2.58. The van der Waals surface area contributed by atoms with Gasteiger partial charge in [0.25, 0.3) is 0 Å². The molecule has 0 unspecified atom stereocenters. The van der Waals surface area contributed by atoms with Crippen molar-refractivity contribution in [2.24, 2.45) is 0 Å². The van der Waals surface area contributed by atoms with Crippen LogP contribution in [0.3, 0.4) is 0 Å². The van der Waals surface area contributed by atoms with Crippen LogP contribution in [-0.4, -0.2) is 18.4 Å². The average molecular weight is 326 g/mol. The summed E-state index contributed by atoms with van der Waals surface area (Å²) in [6, 6.07) is 13.7. The summed E-state index contributed by atoms with van der Waals surface area (Å²) in [6.45, 7) is 4.16. The third kappa shape index (κ3) is 5.23. The summed E-state index contributed by atoms with van der Waals surface area (Å²) in [6.07, 6.45) is 3.33. The molecule has 4 heteroatoms. The van der Waals surface area contributed by atoms with Crippen LogP contribution in [0.15, 0.2) is 48.5 Å². The van der Waals surface area contributed by atoms with Crippen molar-refractivity contribution < 1.29 is 19.1 Å². The molecule has 0 fully saturated rings. The minimum atomic E-state index is -0.413. The molecular formula is C20H22O4. The normalized spacial score (nSPS) is 10.2. The van der Waals surface area contributed by atoms with Gasteiger partial charge < -0.3 is 9.47 Å². The van der Waals surface area contributed by atoms with E-state index in [1.54, 1.807) is 48.5 Å². The Morgan fingerprint density at radius 2 is 1.67 bits per heavy atom. The van der Waals surface area contributed by atoms with E-state index in [2.05, 4.69) is 6.92 Å². The molecule has 0 saturated heterocycles. The van der Waals surface area contributed by atoms with Crippen LogP contribution in [0.1, 0.15) is 49.0 Å². The van der Waals surface area contributed by atoms with Gasteiger partial charge in [0.15, 0.2) is 5.78 Å². The van der Waals surface area contributed by atoms with Gasteiger partial charge in [-0.2, -0.15) is 0 Å². The summed E-state index contributed by atoms with van der Waals surface area (Å²) in [5.41, 5.74) is 1.04. The van der Waals surface area contributed by atoms with Crippen molar-refractivity contribution in [3.63, 3.8) is 0 Å². The Balaban J connectivity index is 2.03. The molecule has 0 aliphatic rings. The van der Waals surface area contributed by atoms with Crippen LogP contribution >= 0.6 is 0 Å². The lowest BCUT2D eigenvalue weighted by Crippen LogP contribution is -2.05. The van der Waals surface area contributed by atoms with Crippen LogP contribution in [0.4, 0.5) is 0 Å². The number of hydrogen-bond acceptors (Lipinski definition) is 4. The summed E-state index contributed by atoms with van der Waals surface area (Å²) >= 11 is 0. The van der Waals surface area contributed by atoms with Gasteiger partial charge in [-0.15, -0.1) is 0 Å². The highest BCUT2D eigenvalue weighted by Gasteiger charge is 2.11. The number of rotatable bonds is 8. The molecule has 0 N–H and O–H groups in total. The molecule has 0 bridgehead atoms. The number of carbonyl (C=O) groups excluding carboxylic acids is 2. The third-order valence-electron chi connectivity index (χ3n) is 3.49. The highest BCUT2D eigenvalue weighted by atomic mass is 16.5. The summed E-state index contributed by atoms with van der Waals surface area (Å²) < 4.78 is 10.7. The largest absolute Gasteiger partial charge is 0.494 e. The summed E-state index contributed by atoms with van der Waals surface area (Å²) in [4.78, 5) is 23.5. The first kappa shape index (κ1) is 17.7. The fraction of sp³-hybridized carbons (Fsp3) is 0.300. The zero-order valence-corrected chi connectivity index (χ0v) is 14.1. The molecule has 0 aliphatic carbocycles. The van der Waals surface area contributed by atoms with Gasteiger partial charge in [-0.25, -0.2) is 0 Å². The van der Waals surface area contributed by atoms with Crippen LogP contribution in [0.2, 0.25) is 0 Å². The number of carbonyl (C=O) groups is 2. The number of unbranched alkanes of at least 4 members (excludes halogenated alkanes) is 2. The van der Waals surface area contributed by atoms with E-state index in [-0.39, 0.29) is 5.78 Å². The highest BCUT2D eigenvalue weighted by Crippen LogP contribution is 2.19. The van der Waals surface area contributed by atoms with Crippen LogP contribution in [0.25, 0.3) is 0 Å². The molecular weight excluding hydrogens is 304 g/mol. The van der Waals surface area contributed by atoms with Gasteiger partial charge >= 0.3 is 5.97 Å². The van der Waals surface area contributed by atoms with Gasteiger partial charge in [0.1, 0.15) is 11.5 Å². The van der Waals surface area contributed by atoms with Gasteiger partial charge in [-0.3, -0.25) is 9.59 Å². The molecule has 0 heterocycles. The first-order valence-corrected chi connectivity index (χ1v) is 8.16. The van der Waals surface area contributed by atoms with Gasteiger partial charge in [0.05, 0.1) is 6.61 Å². The number of ketones is 1. The molecule has 0 aliphatic heterocycles. The predicted octanol–water partition coefficient (Wildman–Crippen LogP) is 4.41. The zero-order chi connectivity index (χ0) is 17.4. The molecule has 2 rings (SSSR count). The standard InChI is InChI=1S/C20H22O4/c1-3-4-5-13-23-18-11-9-16(10-12-18)20(22)17-7-6-8-19(14-17)24-15(2)21/h6-12,14H,3-5,13H2,1-2H3. The van der Waals surface area contributed by atoms with Crippen LogP contribution in [0.5, 0.6) is 11.5 Å². The molecule has 0 atom stereocenters. The van der Waals surface area contributed by atoms with Gasteiger partial charge in [-0.05, 0) is 42.8 Å². The van der Waals surface area contributed by atoms with Gasteiger partial charge in [0, 0.05) is 18.1 Å². The highest BCUT2D eigenvalue weighted by molar-refractivity contribution is 6.09. The number of hydrogen-bond donors (Lipinski definition) is 0. The Labute approximate surface area is 142 Å². The Morgan fingerprint density at radius 3 is 2.33 bits per heavy atom. The van der Waals surface area contributed by atoms with E-state index in [1.807, 2.05) is 0 Å². The molecule has 2 aromatic rings. The van der Waals surface area contributed by atoms with E-state index in [1.165, 1.54) is 6.92 Å². The SMILES string of the molecule is CCCCCOc1ccc(C(=O)c2cccc(OC(C)=O)c2)cc1. The van der Waals surface area contributed by atoms with Gasteiger partial charge in [-0.1, -0.05) is 31.9 Å². The number of esters is 1. The number of benzene rings is 2. The third-order valence-corrected chi connectivity index (χ3v) is 3.49. The van der Waals surface area contributed by atoms with Crippen LogP contribution in [0, 0.1) is 0 Å². The lowest BCUT2D eigenvalue weighted by molar-refractivity contribution is -0.131. The molecule has 126 valence electrons. The molecule has 24 heavy (non-hydrogen) atoms. The quantitative estimate of drug-likeness (QED) is 0.312. The maximum absolute atomic E-state index is 12.5. The van der Waals surface area contributed by atoms with E-state index in [9.17, 15) is 9.59 Å². The fourth-order valence-electron chi connectivity index (χ4n) is 2.28. The second-order valence-electron chi connectivity index (χ2n) is 5.53. The van der Waals surface area contributed by atoms with Crippen molar-refractivity contribution in [2.75, 3.05) is 6.61 Å². The molecule has 2 aromatic carbocycles. The minimum absolute atomic E-state index is 0.124. The van der Waals surface area contributed by atoms with Crippen molar-refractivity contribution in [1.82, 2.24) is 0 Å². The first-order chi connectivity index (χ1) is 11.6. The zero-order valence-electron chi connectivity index (χ0n) is 14.1. The number of ether oxygens (including phenoxy) is 2. The monoisotopic (exact) mass is 326 g/mol. The molecule has 0 aromatic heterocycles. The molecule has 0 radical (unpaired) electrons. The Hall–Kier alpha value is -2.62. The smallest absolute Gasteiger partial charge is 0.308 e. The second-order valence-corrected chi connectivity index (χ2v) is 5.53. The Morgan fingerprint density at radius 1 is 0.917 bits per heavy atom. The maximum atomic E-state index is 12.5. The predicted molar refractivity (Wildman–Crippen MR) is 92.6 cm³/mol. The Bertz CT molecular complexity index is 689. The van der Waals surface area contributed by atoms with E-state index in [0.717, 1.165) is 25.0 Å². The molecule has 0 saturated carbocycles. The van der Waals surface area contributed by atoms with E-state index in [4.69, 9.17) is 9.47 Å². The second kappa shape index (κ2) is 8.87. The van der Waals surface area contributed by atoms with Crippen molar-refractivity contribution in [2.45, 2.75) is 33.1 Å². The lowest BCUT2D eigenvalue weighted by atomic mass is 10.0. The van der Waals surface area contributed by atoms with Crippen molar-refractivity contribution >= 4 is 11.8 Å². The lowest BCUT2D eigenvalue weighted by Gasteiger charge is -2.07.